The molecule has 0 radical (unpaired) electrons. The summed E-state index contributed by atoms with van der Waals surface area (Å²) in [6, 6.07) is 0. The van der Waals surface area contributed by atoms with E-state index in [4.69, 9.17) is 18.9 Å². The zero-order valence-corrected chi connectivity index (χ0v) is 14.2. The molecule has 0 aromatic carbocycles. The molecule has 2 unspecified atom stereocenters. The second kappa shape index (κ2) is 7.29. The number of rotatable bonds is 5. The number of carbonyl (C=O) groups is 1. The molecule has 9 nitrogen and oxygen atoms in total. The van der Waals surface area contributed by atoms with Crippen LogP contribution in [0.3, 0.4) is 0 Å². The van der Waals surface area contributed by atoms with Crippen molar-refractivity contribution in [2.75, 3.05) is 20.0 Å². The van der Waals surface area contributed by atoms with E-state index in [1.807, 2.05) is 0 Å². The minimum Gasteiger partial charge on any atom is -0.438 e. The molecule has 1 fully saturated rings. The van der Waals surface area contributed by atoms with Gasteiger partial charge in [-0.25, -0.2) is 4.79 Å². The first kappa shape index (κ1) is 18.4. The van der Waals surface area contributed by atoms with Gasteiger partial charge in [0, 0.05) is 11.8 Å². The van der Waals surface area contributed by atoms with Crippen LogP contribution in [0.15, 0.2) is 15.8 Å². The van der Waals surface area contributed by atoms with Crippen molar-refractivity contribution in [3.05, 3.63) is 32.6 Å². The number of hydrogen-bond donors (Lipinski definition) is 1. The summed E-state index contributed by atoms with van der Waals surface area (Å²) in [5, 5.41) is 0. The number of ether oxygens (including phenoxy) is 4. The average Bonchev–Trinajstić information content (AvgIpc) is 2.94. The van der Waals surface area contributed by atoms with Gasteiger partial charge >= 0.3 is 11.7 Å². The van der Waals surface area contributed by atoms with Crippen molar-refractivity contribution in [2.45, 2.75) is 40.2 Å². The molecule has 1 aromatic rings. The fraction of sp³-hybridized carbons (Fsp3) is 0.667. The first-order valence-corrected chi connectivity index (χ1v) is 7.52. The predicted molar refractivity (Wildman–Crippen MR) is 82.3 cm³/mol. The molecule has 0 aliphatic carbocycles. The average molecular weight is 342 g/mol. The van der Waals surface area contributed by atoms with E-state index >= 15 is 0 Å². The Morgan fingerprint density at radius 3 is 2.79 bits per heavy atom. The van der Waals surface area contributed by atoms with Crippen LogP contribution in [0.2, 0.25) is 0 Å². The number of nitrogens with one attached hydrogen (secondary N) is 1. The number of hydrogen-bond acceptors (Lipinski definition) is 7. The van der Waals surface area contributed by atoms with Gasteiger partial charge < -0.3 is 18.9 Å². The van der Waals surface area contributed by atoms with Crippen LogP contribution in [-0.4, -0.2) is 41.8 Å². The molecule has 0 amide bonds. The van der Waals surface area contributed by atoms with Crippen molar-refractivity contribution in [2.24, 2.45) is 5.41 Å². The van der Waals surface area contributed by atoms with E-state index in [-0.39, 0.29) is 26.0 Å². The number of aromatic amines is 1. The monoisotopic (exact) mass is 342 g/mol. The molecule has 9 heteroatoms. The maximum atomic E-state index is 11.8. The van der Waals surface area contributed by atoms with E-state index in [1.54, 1.807) is 27.7 Å². The summed E-state index contributed by atoms with van der Waals surface area (Å²) >= 11 is 0. The molecule has 1 aliphatic heterocycles. The van der Waals surface area contributed by atoms with E-state index in [1.165, 1.54) is 10.8 Å². The van der Waals surface area contributed by atoms with Gasteiger partial charge in [-0.3, -0.25) is 19.1 Å². The van der Waals surface area contributed by atoms with E-state index in [2.05, 4.69) is 4.98 Å². The first-order chi connectivity index (χ1) is 11.2. The Morgan fingerprint density at radius 1 is 1.42 bits per heavy atom. The number of aromatic nitrogens is 2. The Bertz CT molecular complexity index is 701. The lowest BCUT2D eigenvalue weighted by Gasteiger charge is -2.17. The summed E-state index contributed by atoms with van der Waals surface area (Å²) in [6.45, 7) is 6.80. The molecule has 1 aromatic heterocycles. The summed E-state index contributed by atoms with van der Waals surface area (Å²) in [7, 11) is 0. The Balaban J connectivity index is 1.82. The lowest BCUT2D eigenvalue weighted by atomic mass is 9.98. The largest absolute Gasteiger partial charge is 0.438 e. The highest BCUT2D eigenvalue weighted by atomic mass is 16.8. The van der Waals surface area contributed by atoms with Crippen LogP contribution in [-0.2, 0) is 23.7 Å². The SMILES string of the molecule is Cc1cn(C2COC(COCOC(=O)C(C)(C)C)O2)c(=O)[nH]c1=O. The fourth-order valence-corrected chi connectivity index (χ4v) is 1.93. The van der Waals surface area contributed by atoms with Crippen LogP contribution in [0.4, 0.5) is 0 Å². The highest BCUT2D eigenvalue weighted by Gasteiger charge is 2.29. The molecule has 0 saturated carbocycles. The number of aryl methyl sites for hydroxylation is 1. The van der Waals surface area contributed by atoms with Crippen LogP contribution in [0.25, 0.3) is 0 Å². The summed E-state index contributed by atoms with van der Waals surface area (Å²) in [5.41, 5.74) is -1.21. The molecule has 2 atom stereocenters. The molecule has 1 aliphatic rings. The number of H-pyrrole nitrogens is 1. The molecule has 2 rings (SSSR count). The summed E-state index contributed by atoms with van der Waals surface area (Å²) < 4.78 is 22.4. The molecule has 24 heavy (non-hydrogen) atoms. The molecule has 1 N–H and O–H groups in total. The Kier molecular flexibility index (Phi) is 5.58. The third kappa shape index (κ3) is 4.53. The summed E-state index contributed by atoms with van der Waals surface area (Å²) in [6.07, 6.45) is 0.0741. The standard InChI is InChI=1S/C15H22N2O7/c1-9-5-17(14(20)16-12(9)18)10-6-22-11(24-10)7-21-8-23-13(19)15(2,3)4/h5,10-11H,6-8H2,1-4H3,(H,16,18,20). The van der Waals surface area contributed by atoms with Gasteiger partial charge in [0.1, 0.15) is 6.61 Å². The topological polar surface area (TPSA) is 109 Å². The van der Waals surface area contributed by atoms with Crippen LogP contribution in [0, 0.1) is 12.3 Å². The van der Waals surface area contributed by atoms with Crippen molar-refractivity contribution in [1.29, 1.82) is 0 Å². The summed E-state index contributed by atoms with van der Waals surface area (Å²) in [5.74, 6) is -0.371. The number of esters is 1. The van der Waals surface area contributed by atoms with Crippen LogP contribution in [0.5, 0.6) is 0 Å². The second-order valence-corrected chi connectivity index (χ2v) is 6.50. The molecular formula is C15H22N2O7. The van der Waals surface area contributed by atoms with Crippen molar-refractivity contribution in [3.63, 3.8) is 0 Å². The zero-order chi connectivity index (χ0) is 17.9. The minimum atomic E-state index is -0.692. The minimum absolute atomic E-state index is 0.0466. The van der Waals surface area contributed by atoms with Gasteiger partial charge in [-0.1, -0.05) is 0 Å². The van der Waals surface area contributed by atoms with Crippen molar-refractivity contribution >= 4 is 5.97 Å². The Hall–Kier alpha value is -1.97. The van der Waals surface area contributed by atoms with E-state index in [9.17, 15) is 14.4 Å². The zero-order valence-electron chi connectivity index (χ0n) is 14.2. The lowest BCUT2D eigenvalue weighted by molar-refractivity contribution is -0.177. The predicted octanol–water partition coefficient (Wildman–Crippen LogP) is 0.280. The third-order valence-corrected chi connectivity index (χ3v) is 3.33. The molecule has 0 spiro atoms. The Morgan fingerprint density at radius 2 is 2.12 bits per heavy atom. The van der Waals surface area contributed by atoms with Gasteiger partial charge in [-0.2, -0.15) is 0 Å². The molecule has 1 saturated heterocycles. The van der Waals surface area contributed by atoms with Crippen molar-refractivity contribution in [3.8, 4) is 0 Å². The highest BCUT2D eigenvalue weighted by Crippen LogP contribution is 2.20. The van der Waals surface area contributed by atoms with Crippen molar-refractivity contribution in [1.82, 2.24) is 9.55 Å². The van der Waals surface area contributed by atoms with E-state index in [0.29, 0.717) is 5.56 Å². The van der Waals surface area contributed by atoms with Gasteiger partial charge in [0.2, 0.25) is 0 Å². The molecular weight excluding hydrogens is 320 g/mol. The van der Waals surface area contributed by atoms with Gasteiger partial charge in [0.15, 0.2) is 19.3 Å². The van der Waals surface area contributed by atoms with E-state index in [0.717, 1.165) is 0 Å². The van der Waals surface area contributed by atoms with E-state index < -0.39 is 29.2 Å². The van der Waals surface area contributed by atoms with Gasteiger partial charge in [0.25, 0.3) is 5.56 Å². The maximum Gasteiger partial charge on any atom is 0.330 e. The van der Waals surface area contributed by atoms with Gasteiger partial charge in [-0.05, 0) is 27.7 Å². The number of nitrogens with zero attached hydrogens (tertiary/aromatic N) is 1. The molecule has 0 bridgehead atoms. The van der Waals surface area contributed by atoms with Gasteiger partial charge in [-0.15, -0.1) is 0 Å². The number of carbonyl (C=O) groups excluding carboxylic acids is 1. The summed E-state index contributed by atoms with van der Waals surface area (Å²) in [4.78, 5) is 36.9. The van der Waals surface area contributed by atoms with Crippen LogP contribution in [0.1, 0.15) is 32.6 Å². The second-order valence-electron chi connectivity index (χ2n) is 6.50. The van der Waals surface area contributed by atoms with Crippen LogP contribution >= 0.6 is 0 Å². The normalized spacial score (nSPS) is 21.0. The van der Waals surface area contributed by atoms with Crippen LogP contribution < -0.4 is 11.2 Å². The third-order valence-electron chi connectivity index (χ3n) is 3.33. The Labute approximate surface area is 138 Å². The van der Waals surface area contributed by atoms with Gasteiger partial charge in [0.05, 0.1) is 12.0 Å². The molecule has 2 heterocycles. The fourth-order valence-electron chi connectivity index (χ4n) is 1.93. The maximum absolute atomic E-state index is 11.8. The smallest absolute Gasteiger partial charge is 0.330 e. The van der Waals surface area contributed by atoms with Crippen molar-refractivity contribution < 1.29 is 23.7 Å². The molecule has 134 valence electrons. The first-order valence-electron chi connectivity index (χ1n) is 7.52. The lowest BCUT2D eigenvalue weighted by Crippen LogP contribution is -2.34. The highest BCUT2D eigenvalue weighted by molar-refractivity contribution is 5.75. The quantitative estimate of drug-likeness (QED) is 0.465.